The first-order chi connectivity index (χ1) is 13.8. The molecule has 0 aromatic heterocycles. The average Bonchev–Trinajstić information content (AvgIpc) is 2.75. The van der Waals surface area contributed by atoms with E-state index in [0.29, 0.717) is 36.8 Å². The second kappa shape index (κ2) is 9.08. The molecule has 28 heavy (non-hydrogen) atoms. The number of piperazine rings is 1. The van der Waals surface area contributed by atoms with Crippen molar-refractivity contribution in [2.24, 2.45) is 0 Å². The lowest BCUT2D eigenvalue weighted by molar-refractivity contribution is 0.0933. The zero-order valence-electron chi connectivity index (χ0n) is 16.1. The SMILES string of the molecule is O=C(NCCN1CCN(Cc2ccccc2)CC1)c1ccc2c(c1)OCCO2. The third-order valence-corrected chi connectivity index (χ3v) is 5.23. The maximum Gasteiger partial charge on any atom is 0.251 e. The van der Waals surface area contributed by atoms with Crippen LogP contribution in [0.5, 0.6) is 11.5 Å². The number of ether oxygens (including phenoxy) is 2. The Bertz CT molecular complexity index is 789. The van der Waals surface area contributed by atoms with Crippen LogP contribution in [-0.2, 0) is 6.54 Å². The molecule has 0 aliphatic carbocycles. The van der Waals surface area contributed by atoms with Crippen molar-refractivity contribution < 1.29 is 14.3 Å². The van der Waals surface area contributed by atoms with Crippen LogP contribution in [0.3, 0.4) is 0 Å². The molecule has 1 saturated heterocycles. The number of hydrogen-bond donors (Lipinski definition) is 1. The highest BCUT2D eigenvalue weighted by Gasteiger charge is 2.18. The van der Waals surface area contributed by atoms with Gasteiger partial charge in [-0.2, -0.15) is 0 Å². The van der Waals surface area contributed by atoms with Gasteiger partial charge in [0.1, 0.15) is 13.2 Å². The molecule has 0 bridgehead atoms. The summed E-state index contributed by atoms with van der Waals surface area (Å²) in [6, 6.07) is 15.9. The van der Waals surface area contributed by atoms with Crippen LogP contribution >= 0.6 is 0 Å². The van der Waals surface area contributed by atoms with Gasteiger partial charge >= 0.3 is 0 Å². The second-order valence-electron chi connectivity index (χ2n) is 7.22. The van der Waals surface area contributed by atoms with Crippen molar-refractivity contribution in [2.45, 2.75) is 6.54 Å². The van der Waals surface area contributed by atoms with Crippen molar-refractivity contribution >= 4 is 5.91 Å². The minimum absolute atomic E-state index is 0.0697. The van der Waals surface area contributed by atoms with E-state index in [-0.39, 0.29) is 5.91 Å². The molecule has 0 spiro atoms. The number of hydrogen-bond acceptors (Lipinski definition) is 5. The third-order valence-electron chi connectivity index (χ3n) is 5.23. The number of fused-ring (bicyclic) bond motifs is 1. The van der Waals surface area contributed by atoms with Gasteiger partial charge in [-0.05, 0) is 23.8 Å². The maximum atomic E-state index is 12.4. The van der Waals surface area contributed by atoms with Crippen molar-refractivity contribution in [3.8, 4) is 11.5 Å². The molecule has 4 rings (SSSR count). The maximum absolute atomic E-state index is 12.4. The molecular weight excluding hydrogens is 354 g/mol. The lowest BCUT2D eigenvalue weighted by Crippen LogP contribution is -2.48. The lowest BCUT2D eigenvalue weighted by atomic mass is 10.2. The summed E-state index contributed by atoms with van der Waals surface area (Å²) in [5.41, 5.74) is 1.97. The van der Waals surface area contributed by atoms with Gasteiger partial charge in [0.15, 0.2) is 11.5 Å². The molecule has 0 unspecified atom stereocenters. The van der Waals surface area contributed by atoms with E-state index < -0.39 is 0 Å². The van der Waals surface area contributed by atoms with Gasteiger partial charge in [0.2, 0.25) is 0 Å². The fourth-order valence-electron chi connectivity index (χ4n) is 3.63. The van der Waals surface area contributed by atoms with Crippen LogP contribution in [0.4, 0.5) is 0 Å². The molecular formula is C22H27N3O3. The molecule has 0 atom stereocenters. The van der Waals surface area contributed by atoms with Crippen LogP contribution in [0, 0.1) is 0 Å². The Morgan fingerprint density at radius 2 is 1.61 bits per heavy atom. The molecule has 6 nitrogen and oxygen atoms in total. The van der Waals surface area contributed by atoms with Gasteiger partial charge in [0.25, 0.3) is 5.91 Å². The minimum atomic E-state index is -0.0697. The van der Waals surface area contributed by atoms with Gasteiger partial charge in [-0.25, -0.2) is 0 Å². The van der Waals surface area contributed by atoms with Gasteiger partial charge < -0.3 is 14.8 Å². The highest BCUT2D eigenvalue weighted by atomic mass is 16.6. The monoisotopic (exact) mass is 381 g/mol. The molecule has 2 aromatic rings. The highest BCUT2D eigenvalue weighted by molar-refractivity contribution is 5.94. The van der Waals surface area contributed by atoms with Gasteiger partial charge in [0, 0.05) is 51.4 Å². The predicted octanol–water partition coefficient (Wildman–Crippen LogP) is 2.01. The van der Waals surface area contributed by atoms with Crippen LogP contribution in [0.1, 0.15) is 15.9 Å². The Morgan fingerprint density at radius 3 is 2.39 bits per heavy atom. The number of carbonyl (C=O) groups is 1. The van der Waals surface area contributed by atoms with E-state index in [1.807, 2.05) is 0 Å². The molecule has 2 aromatic carbocycles. The minimum Gasteiger partial charge on any atom is -0.486 e. The number of amides is 1. The van der Waals surface area contributed by atoms with Crippen molar-refractivity contribution in [2.75, 3.05) is 52.5 Å². The van der Waals surface area contributed by atoms with Crippen LogP contribution < -0.4 is 14.8 Å². The summed E-state index contributed by atoms with van der Waals surface area (Å²) in [4.78, 5) is 17.3. The highest BCUT2D eigenvalue weighted by Crippen LogP contribution is 2.30. The summed E-state index contributed by atoms with van der Waals surface area (Å²) >= 11 is 0. The van der Waals surface area contributed by atoms with Gasteiger partial charge in [0.05, 0.1) is 0 Å². The standard InChI is InChI=1S/C22H27N3O3/c26-22(19-6-7-20-21(16-19)28-15-14-27-20)23-8-9-24-10-12-25(13-11-24)17-18-4-2-1-3-5-18/h1-7,16H,8-15,17H2,(H,23,26). The van der Waals surface area contributed by atoms with Gasteiger partial charge in [-0.3, -0.25) is 14.6 Å². The Hall–Kier alpha value is -2.57. The van der Waals surface area contributed by atoms with Crippen LogP contribution in [-0.4, -0.2) is 68.2 Å². The average molecular weight is 381 g/mol. The molecule has 2 heterocycles. The summed E-state index contributed by atoms with van der Waals surface area (Å²) in [6.45, 7) is 7.79. The normalized spacial score (nSPS) is 17.3. The predicted molar refractivity (Wildman–Crippen MR) is 108 cm³/mol. The molecule has 6 heteroatoms. The molecule has 1 fully saturated rings. The van der Waals surface area contributed by atoms with E-state index in [1.54, 1.807) is 18.2 Å². The van der Waals surface area contributed by atoms with Gasteiger partial charge in [-0.1, -0.05) is 30.3 Å². The Morgan fingerprint density at radius 1 is 0.893 bits per heavy atom. The zero-order chi connectivity index (χ0) is 19.2. The van der Waals surface area contributed by atoms with E-state index in [2.05, 4.69) is 45.4 Å². The Balaban J connectivity index is 1.18. The fourth-order valence-corrected chi connectivity index (χ4v) is 3.63. The van der Waals surface area contributed by atoms with Crippen molar-refractivity contribution in [3.63, 3.8) is 0 Å². The summed E-state index contributed by atoms with van der Waals surface area (Å²) in [7, 11) is 0. The molecule has 1 amide bonds. The molecule has 1 N–H and O–H groups in total. The second-order valence-corrected chi connectivity index (χ2v) is 7.22. The topological polar surface area (TPSA) is 54.0 Å². The van der Waals surface area contributed by atoms with E-state index in [9.17, 15) is 4.79 Å². The number of rotatable bonds is 6. The van der Waals surface area contributed by atoms with Crippen molar-refractivity contribution in [1.29, 1.82) is 0 Å². The molecule has 0 radical (unpaired) electrons. The summed E-state index contributed by atoms with van der Waals surface area (Å²) in [6.07, 6.45) is 0. The quantitative estimate of drug-likeness (QED) is 0.830. The number of carbonyl (C=O) groups excluding carboxylic acids is 1. The number of nitrogens with zero attached hydrogens (tertiary/aromatic N) is 2. The summed E-state index contributed by atoms with van der Waals surface area (Å²) in [5, 5.41) is 3.01. The smallest absolute Gasteiger partial charge is 0.251 e. The lowest BCUT2D eigenvalue weighted by Gasteiger charge is -2.34. The van der Waals surface area contributed by atoms with E-state index in [1.165, 1.54) is 5.56 Å². The third kappa shape index (κ3) is 4.82. The van der Waals surface area contributed by atoms with E-state index in [4.69, 9.17) is 9.47 Å². The van der Waals surface area contributed by atoms with Crippen molar-refractivity contribution in [1.82, 2.24) is 15.1 Å². The summed E-state index contributed by atoms with van der Waals surface area (Å²) in [5.74, 6) is 1.28. The van der Waals surface area contributed by atoms with E-state index >= 15 is 0 Å². The summed E-state index contributed by atoms with van der Waals surface area (Å²) < 4.78 is 11.0. The number of nitrogens with one attached hydrogen (secondary N) is 1. The van der Waals surface area contributed by atoms with Crippen LogP contribution in [0.2, 0.25) is 0 Å². The first kappa shape index (κ1) is 18.8. The van der Waals surface area contributed by atoms with Crippen LogP contribution in [0.25, 0.3) is 0 Å². The first-order valence-electron chi connectivity index (χ1n) is 9.94. The van der Waals surface area contributed by atoms with E-state index in [0.717, 1.165) is 39.3 Å². The molecule has 2 aliphatic heterocycles. The zero-order valence-corrected chi connectivity index (χ0v) is 16.1. The Kier molecular flexibility index (Phi) is 6.09. The fraction of sp³-hybridized carbons (Fsp3) is 0.409. The molecule has 0 saturated carbocycles. The van der Waals surface area contributed by atoms with Crippen molar-refractivity contribution in [3.05, 3.63) is 59.7 Å². The first-order valence-corrected chi connectivity index (χ1v) is 9.94. The van der Waals surface area contributed by atoms with Gasteiger partial charge in [-0.15, -0.1) is 0 Å². The van der Waals surface area contributed by atoms with Crippen LogP contribution in [0.15, 0.2) is 48.5 Å². The largest absolute Gasteiger partial charge is 0.486 e. The molecule has 2 aliphatic rings. The Labute approximate surface area is 166 Å². The molecule has 148 valence electrons. The number of benzene rings is 2.